The van der Waals surface area contributed by atoms with E-state index in [1.807, 2.05) is 40.2 Å². The lowest BCUT2D eigenvalue weighted by atomic mass is 10.2. The van der Waals surface area contributed by atoms with Crippen LogP contribution in [-0.4, -0.2) is 61.3 Å². The second-order valence-electron chi connectivity index (χ2n) is 4.99. The van der Waals surface area contributed by atoms with Gasteiger partial charge in [0, 0.05) is 6.42 Å². The Bertz CT molecular complexity index is 294. The Balaban J connectivity index is 4.13. The van der Waals surface area contributed by atoms with E-state index >= 15 is 0 Å². The molecule has 0 spiro atoms. The van der Waals surface area contributed by atoms with E-state index < -0.39 is 7.82 Å². The first kappa shape index (κ1) is 17.8. The normalized spacial score (nSPS) is 15.2. The minimum absolute atomic E-state index is 0.0146. The van der Waals surface area contributed by atoms with Gasteiger partial charge >= 0.3 is 7.82 Å². The Labute approximate surface area is 109 Å². The summed E-state index contributed by atoms with van der Waals surface area (Å²) < 4.78 is 21.2. The van der Waals surface area contributed by atoms with Crippen molar-refractivity contribution in [2.75, 3.05) is 41.0 Å². The molecule has 0 heterocycles. The van der Waals surface area contributed by atoms with Crippen molar-refractivity contribution in [3.05, 3.63) is 12.2 Å². The molecular formula is C11H25NO5P+. The molecule has 0 aromatic heterocycles. The molecule has 0 radical (unpaired) electrons. The molecule has 18 heavy (non-hydrogen) atoms. The minimum Gasteiger partial charge on any atom is -0.377 e. The van der Waals surface area contributed by atoms with Gasteiger partial charge in [-0.3, -0.25) is 4.52 Å². The van der Waals surface area contributed by atoms with Crippen molar-refractivity contribution in [3.63, 3.8) is 0 Å². The number of likely N-dealkylation sites (N-methyl/N-ethyl adjacent to an activating group) is 1. The Morgan fingerprint density at radius 1 is 1.33 bits per heavy atom. The van der Waals surface area contributed by atoms with Crippen LogP contribution in [0, 0.1) is 0 Å². The maximum atomic E-state index is 10.7. The lowest BCUT2D eigenvalue weighted by Gasteiger charge is -2.33. The molecule has 0 fully saturated rings. The molecule has 0 saturated heterocycles. The van der Waals surface area contributed by atoms with Crippen LogP contribution in [0.25, 0.3) is 0 Å². The van der Waals surface area contributed by atoms with E-state index in [-0.39, 0.29) is 12.6 Å². The first-order chi connectivity index (χ1) is 8.17. The molecule has 0 aliphatic heterocycles. The first-order valence-corrected chi connectivity index (χ1v) is 7.40. The molecule has 0 saturated carbocycles. The van der Waals surface area contributed by atoms with E-state index in [1.54, 1.807) is 0 Å². The second-order valence-corrected chi connectivity index (χ2v) is 6.23. The van der Waals surface area contributed by atoms with Crippen molar-refractivity contribution in [1.82, 2.24) is 0 Å². The molecule has 2 N–H and O–H groups in total. The fourth-order valence-corrected chi connectivity index (χ4v) is 1.71. The number of hydrogen-bond acceptors (Lipinski definition) is 3. The molecular weight excluding hydrogens is 257 g/mol. The summed E-state index contributed by atoms with van der Waals surface area (Å²) in [6.07, 6.45) is 4.50. The van der Waals surface area contributed by atoms with Gasteiger partial charge in [0.1, 0.15) is 12.6 Å². The Morgan fingerprint density at radius 2 is 1.94 bits per heavy atom. The summed E-state index contributed by atoms with van der Waals surface area (Å²) in [7, 11) is 1.47. The lowest BCUT2D eigenvalue weighted by Crippen LogP contribution is -2.48. The van der Waals surface area contributed by atoms with E-state index in [4.69, 9.17) is 14.5 Å². The van der Waals surface area contributed by atoms with Gasteiger partial charge in [0.15, 0.2) is 0 Å². The van der Waals surface area contributed by atoms with Crippen LogP contribution in [0.5, 0.6) is 0 Å². The molecule has 0 aromatic rings. The van der Waals surface area contributed by atoms with Gasteiger partial charge in [0.05, 0.1) is 34.4 Å². The third-order valence-electron chi connectivity index (χ3n) is 2.58. The number of hydrogen-bond donors (Lipinski definition) is 2. The van der Waals surface area contributed by atoms with Gasteiger partial charge in [-0.15, -0.1) is 0 Å². The Morgan fingerprint density at radius 3 is 2.39 bits per heavy atom. The van der Waals surface area contributed by atoms with E-state index in [0.29, 0.717) is 24.1 Å². The van der Waals surface area contributed by atoms with Crippen molar-refractivity contribution >= 4 is 7.82 Å². The number of quaternary nitrogens is 1. The van der Waals surface area contributed by atoms with Gasteiger partial charge in [-0.05, 0) is 6.92 Å². The molecule has 108 valence electrons. The quantitative estimate of drug-likeness (QED) is 0.287. The Hall–Kier alpha value is -0.230. The molecule has 0 aliphatic rings. The highest BCUT2D eigenvalue weighted by Gasteiger charge is 2.27. The zero-order chi connectivity index (χ0) is 14.2. The number of ether oxygens (including phenoxy) is 1. The van der Waals surface area contributed by atoms with E-state index in [1.165, 1.54) is 0 Å². The highest BCUT2D eigenvalue weighted by Crippen LogP contribution is 2.36. The summed E-state index contributed by atoms with van der Waals surface area (Å²) in [6.45, 7) is 3.03. The third kappa shape index (κ3) is 9.76. The number of rotatable bonds is 9. The smallest absolute Gasteiger partial charge is 0.377 e. The van der Waals surface area contributed by atoms with Crippen molar-refractivity contribution in [2.45, 2.75) is 19.4 Å². The second kappa shape index (κ2) is 8.04. The van der Waals surface area contributed by atoms with Crippen LogP contribution in [0.3, 0.4) is 0 Å². The van der Waals surface area contributed by atoms with E-state index in [0.717, 1.165) is 0 Å². The summed E-state index contributed by atoms with van der Waals surface area (Å²) in [6, 6.07) is -0.0248. The van der Waals surface area contributed by atoms with E-state index in [2.05, 4.69) is 4.52 Å². The number of phosphoric acid groups is 1. The average Bonchev–Trinajstić information content (AvgIpc) is 2.18. The maximum Gasteiger partial charge on any atom is 0.469 e. The predicted octanol–water partition coefficient (Wildman–Crippen LogP) is 1.15. The van der Waals surface area contributed by atoms with Crippen molar-refractivity contribution in [3.8, 4) is 0 Å². The summed E-state index contributed by atoms with van der Waals surface area (Å²) in [5.41, 5.74) is 0. The molecule has 0 bridgehead atoms. The van der Waals surface area contributed by atoms with Crippen molar-refractivity contribution in [1.29, 1.82) is 0 Å². The topological polar surface area (TPSA) is 76.0 Å². The van der Waals surface area contributed by atoms with Crippen LogP contribution in [-0.2, 0) is 13.8 Å². The van der Waals surface area contributed by atoms with Gasteiger partial charge in [-0.2, -0.15) is 0 Å². The van der Waals surface area contributed by atoms with Gasteiger partial charge in [-0.1, -0.05) is 12.2 Å². The van der Waals surface area contributed by atoms with Crippen LogP contribution in [0.2, 0.25) is 0 Å². The number of allylic oxidation sites excluding steroid dienone is 1. The summed E-state index contributed by atoms with van der Waals surface area (Å²) in [5.74, 6) is 0. The van der Waals surface area contributed by atoms with Crippen LogP contribution in [0.4, 0.5) is 0 Å². The van der Waals surface area contributed by atoms with Crippen molar-refractivity contribution < 1.29 is 28.1 Å². The summed E-state index contributed by atoms with van der Waals surface area (Å²) >= 11 is 0. The first-order valence-electron chi connectivity index (χ1n) is 5.87. The molecule has 1 unspecified atom stereocenters. The van der Waals surface area contributed by atoms with Crippen LogP contribution >= 0.6 is 7.82 Å². The monoisotopic (exact) mass is 282 g/mol. The van der Waals surface area contributed by atoms with Crippen LogP contribution in [0.15, 0.2) is 12.2 Å². The zero-order valence-corrected chi connectivity index (χ0v) is 12.5. The largest absolute Gasteiger partial charge is 0.469 e. The summed E-state index contributed by atoms with van der Waals surface area (Å²) in [4.78, 5) is 17.4. The standard InChI is InChI=1S/C11H24NO5P/c1-5-6-8-16-9-7-11(12(2,3)4)10-17-18(13,14)15/h5-6,11H,7-10H2,1-4H3,(H-,13,14,15)/p+1. The highest BCUT2D eigenvalue weighted by atomic mass is 31.2. The average molecular weight is 282 g/mol. The molecule has 7 heteroatoms. The fourth-order valence-electron chi connectivity index (χ4n) is 1.34. The lowest BCUT2D eigenvalue weighted by molar-refractivity contribution is -0.896. The van der Waals surface area contributed by atoms with Crippen LogP contribution < -0.4 is 0 Å². The molecule has 1 atom stereocenters. The number of phosphoric ester groups is 1. The number of nitrogens with zero attached hydrogens (tertiary/aromatic N) is 1. The molecule has 6 nitrogen and oxygen atoms in total. The third-order valence-corrected chi connectivity index (χ3v) is 3.06. The fraction of sp³-hybridized carbons (Fsp3) is 0.818. The van der Waals surface area contributed by atoms with Crippen molar-refractivity contribution in [2.24, 2.45) is 0 Å². The zero-order valence-electron chi connectivity index (χ0n) is 11.6. The molecule has 0 rings (SSSR count). The van der Waals surface area contributed by atoms with Gasteiger partial charge in [-0.25, -0.2) is 4.57 Å². The molecule has 0 aliphatic carbocycles. The van der Waals surface area contributed by atoms with E-state index in [9.17, 15) is 4.57 Å². The molecule has 0 amide bonds. The van der Waals surface area contributed by atoms with Crippen LogP contribution in [0.1, 0.15) is 13.3 Å². The highest BCUT2D eigenvalue weighted by molar-refractivity contribution is 7.46. The SMILES string of the molecule is CC=CCOCCC(COP(=O)(O)O)[N+](C)(C)C. The molecule has 0 aromatic carbocycles. The summed E-state index contributed by atoms with van der Waals surface area (Å²) in [5, 5.41) is 0. The Kier molecular flexibility index (Phi) is 7.94. The van der Waals surface area contributed by atoms with Gasteiger partial charge in [0.25, 0.3) is 0 Å². The maximum absolute atomic E-state index is 10.7. The minimum atomic E-state index is -4.40. The predicted molar refractivity (Wildman–Crippen MR) is 70.1 cm³/mol. The van der Waals surface area contributed by atoms with Gasteiger partial charge < -0.3 is 19.0 Å². The van der Waals surface area contributed by atoms with Gasteiger partial charge in [0.2, 0.25) is 0 Å².